The summed E-state index contributed by atoms with van der Waals surface area (Å²) in [5, 5.41) is 12.0. The van der Waals surface area contributed by atoms with Crippen LogP contribution in [0.25, 0.3) is 0 Å². The molecule has 25 heavy (non-hydrogen) atoms. The van der Waals surface area contributed by atoms with Crippen molar-refractivity contribution in [2.75, 3.05) is 13.1 Å². The minimum absolute atomic E-state index is 0.109. The molecule has 0 bridgehead atoms. The Morgan fingerprint density at radius 2 is 2.00 bits per heavy atom. The van der Waals surface area contributed by atoms with Crippen molar-refractivity contribution in [3.63, 3.8) is 0 Å². The summed E-state index contributed by atoms with van der Waals surface area (Å²) >= 11 is 0. The highest BCUT2D eigenvalue weighted by atomic mass is 16.4. The number of hydrogen-bond donors (Lipinski definition) is 4. The van der Waals surface area contributed by atoms with Gasteiger partial charge in [-0.2, -0.15) is 0 Å². The molecule has 4 atom stereocenters. The van der Waals surface area contributed by atoms with Crippen LogP contribution >= 0.6 is 0 Å². The molecule has 1 rings (SSSR count). The molecule has 1 aliphatic rings. The van der Waals surface area contributed by atoms with E-state index in [1.54, 1.807) is 0 Å². The second-order valence-electron chi connectivity index (χ2n) is 6.79. The Morgan fingerprint density at radius 3 is 2.56 bits per heavy atom. The van der Waals surface area contributed by atoms with Gasteiger partial charge in [-0.3, -0.25) is 9.59 Å². The van der Waals surface area contributed by atoms with Crippen LogP contribution in [0.3, 0.4) is 0 Å². The summed E-state index contributed by atoms with van der Waals surface area (Å²) in [6.45, 7) is 4.75. The molecule has 6 N–H and O–H groups in total. The number of likely N-dealkylation sites (tertiary alicyclic amines) is 1. The Hall–Kier alpha value is -1.67. The van der Waals surface area contributed by atoms with E-state index in [1.165, 1.54) is 4.90 Å². The summed E-state index contributed by atoms with van der Waals surface area (Å²) in [4.78, 5) is 37.9. The summed E-state index contributed by atoms with van der Waals surface area (Å²) in [5.41, 5.74) is 11.3. The zero-order valence-corrected chi connectivity index (χ0v) is 15.2. The quantitative estimate of drug-likeness (QED) is 0.408. The first kappa shape index (κ1) is 21.4. The number of nitrogens with two attached hydrogens (primary N) is 2. The van der Waals surface area contributed by atoms with Crippen LogP contribution < -0.4 is 16.8 Å². The number of carboxylic acid groups (broad SMARTS) is 1. The zero-order chi connectivity index (χ0) is 19.0. The predicted molar refractivity (Wildman–Crippen MR) is 94.6 cm³/mol. The average molecular weight is 356 g/mol. The molecule has 0 spiro atoms. The summed E-state index contributed by atoms with van der Waals surface area (Å²) < 4.78 is 0. The lowest BCUT2D eigenvalue weighted by Crippen LogP contribution is -2.56. The summed E-state index contributed by atoms with van der Waals surface area (Å²) in [5.74, 6) is -1.81. The van der Waals surface area contributed by atoms with Gasteiger partial charge in [0.1, 0.15) is 12.1 Å². The van der Waals surface area contributed by atoms with E-state index < -0.39 is 24.1 Å². The van der Waals surface area contributed by atoms with Gasteiger partial charge in [-0.05, 0) is 38.1 Å². The molecule has 4 unspecified atom stereocenters. The number of aliphatic carboxylic acids is 1. The first-order valence-electron chi connectivity index (χ1n) is 9.12. The van der Waals surface area contributed by atoms with Crippen molar-refractivity contribution < 1.29 is 19.5 Å². The van der Waals surface area contributed by atoms with Gasteiger partial charge >= 0.3 is 5.97 Å². The number of nitrogens with zero attached hydrogens (tertiary/aromatic N) is 1. The van der Waals surface area contributed by atoms with Gasteiger partial charge < -0.3 is 26.8 Å². The Morgan fingerprint density at radius 1 is 1.32 bits per heavy atom. The van der Waals surface area contributed by atoms with Crippen LogP contribution in [0.15, 0.2) is 0 Å². The SMILES string of the molecule is CCC(C)C(NC(=O)C(N)CCCCN)C(=O)N1CCCC1C(=O)O. The van der Waals surface area contributed by atoms with Gasteiger partial charge in [0.25, 0.3) is 0 Å². The molecule has 0 aromatic heterocycles. The third-order valence-corrected chi connectivity index (χ3v) is 4.90. The van der Waals surface area contributed by atoms with Crippen molar-refractivity contribution in [1.29, 1.82) is 0 Å². The molecule has 0 saturated carbocycles. The largest absolute Gasteiger partial charge is 0.480 e. The van der Waals surface area contributed by atoms with Gasteiger partial charge in [0.2, 0.25) is 11.8 Å². The fourth-order valence-electron chi connectivity index (χ4n) is 3.05. The molecular formula is C17H32N4O4. The maximum absolute atomic E-state index is 12.9. The van der Waals surface area contributed by atoms with Crippen LogP contribution in [0, 0.1) is 5.92 Å². The monoisotopic (exact) mass is 356 g/mol. The minimum Gasteiger partial charge on any atom is -0.480 e. The number of rotatable bonds is 10. The van der Waals surface area contributed by atoms with E-state index in [1.807, 2.05) is 13.8 Å². The highest BCUT2D eigenvalue weighted by molar-refractivity contribution is 5.92. The second kappa shape index (κ2) is 10.4. The molecule has 0 radical (unpaired) electrons. The molecule has 8 heteroatoms. The lowest BCUT2D eigenvalue weighted by atomic mass is 9.96. The van der Waals surface area contributed by atoms with Crippen LogP contribution in [0.2, 0.25) is 0 Å². The van der Waals surface area contributed by atoms with Crippen molar-refractivity contribution in [3.05, 3.63) is 0 Å². The van der Waals surface area contributed by atoms with E-state index in [-0.39, 0.29) is 17.7 Å². The highest BCUT2D eigenvalue weighted by Crippen LogP contribution is 2.21. The molecule has 1 aliphatic heterocycles. The van der Waals surface area contributed by atoms with Crippen molar-refractivity contribution in [2.24, 2.45) is 17.4 Å². The summed E-state index contributed by atoms with van der Waals surface area (Å²) in [6.07, 6.45) is 3.84. The number of nitrogens with one attached hydrogen (secondary N) is 1. The Bertz CT molecular complexity index is 472. The Kier molecular flexibility index (Phi) is 8.85. The number of carbonyl (C=O) groups excluding carboxylic acids is 2. The van der Waals surface area contributed by atoms with Crippen LogP contribution in [0.1, 0.15) is 52.4 Å². The molecule has 2 amide bonds. The fourth-order valence-corrected chi connectivity index (χ4v) is 3.05. The fraction of sp³-hybridized carbons (Fsp3) is 0.824. The minimum atomic E-state index is -1.00. The topological polar surface area (TPSA) is 139 Å². The van der Waals surface area contributed by atoms with Crippen LogP contribution in [-0.2, 0) is 14.4 Å². The van der Waals surface area contributed by atoms with Crippen LogP contribution in [0.5, 0.6) is 0 Å². The van der Waals surface area contributed by atoms with Crippen molar-refractivity contribution in [3.8, 4) is 0 Å². The van der Waals surface area contributed by atoms with E-state index in [2.05, 4.69) is 5.32 Å². The van der Waals surface area contributed by atoms with Crippen LogP contribution in [-0.4, -0.2) is 59.0 Å². The highest BCUT2D eigenvalue weighted by Gasteiger charge is 2.39. The molecule has 1 saturated heterocycles. The van der Waals surface area contributed by atoms with E-state index in [4.69, 9.17) is 11.5 Å². The number of amides is 2. The Labute approximate surface area is 149 Å². The summed E-state index contributed by atoms with van der Waals surface area (Å²) in [6, 6.07) is -2.26. The third kappa shape index (κ3) is 5.97. The van der Waals surface area contributed by atoms with Crippen molar-refractivity contribution >= 4 is 17.8 Å². The summed E-state index contributed by atoms with van der Waals surface area (Å²) in [7, 11) is 0. The van der Waals surface area contributed by atoms with Gasteiger partial charge in [-0.25, -0.2) is 4.79 Å². The number of carbonyl (C=O) groups is 3. The maximum Gasteiger partial charge on any atom is 0.326 e. The van der Waals surface area contributed by atoms with Gasteiger partial charge in [-0.15, -0.1) is 0 Å². The molecule has 0 aliphatic carbocycles. The van der Waals surface area contributed by atoms with Gasteiger partial charge in [0, 0.05) is 6.54 Å². The lowest BCUT2D eigenvalue weighted by molar-refractivity contribution is -0.150. The molecule has 0 aromatic carbocycles. The average Bonchev–Trinajstić information content (AvgIpc) is 3.08. The normalized spacial score (nSPS) is 20.8. The standard InChI is InChI=1S/C17H32N4O4/c1-3-11(2)14(20-15(22)12(19)7-4-5-9-18)16(23)21-10-6-8-13(21)17(24)25/h11-14H,3-10,18-19H2,1-2H3,(H,20,22)(H,24,25). The lowest BCUT2D eigenvalue weighted by Gasteiger charge is -2.31. The van der Waals surface area contributed by atoms with E-state index in [9.17, 15) is 19.5 Å². The first-order chi connectivity index (χ1) is 11.8. The van der Waals surface area contributed by atoms with Crippen molar-refractivity contribution in [1.82, 2.24) is 10.2 Å². The number of unbranched alkanes of at least 4 members (excludes halogenated alkanes) is 1. The van der Waals surface area contributed by atoms with E-state index in [0.717, 1.165) is 12.8 Å². The zero-order valence-electron chi connectivity index (χ0n) is 15.2. The first-order valence-corrected chi connectivity index (χ1v) is 9.12. The maximum atomic E-state index is 12.9. The van der Waals surface area contributed by atoms with Gasteiger partial charge in [-0.1, -0.05) is 26.7 Å². The molecular weight excluding hydrogens is 324 g/mol. The predicted octanol–water partition coefficient (Wildman–Crippen LogP) is 0.0492. The molecule has 144 valence electrons. The second-order valence-corrected chi connectivity index (χ2v) is 6.79. The van der Waals surface area contributed by atoms with E-state index >= 15 is 0 Å². The van der Waals surface area contributed by atoms with E-state index in [0.29, 0.717) is 38.8 Å². The third-order valence-electron chi connectivity index (χ3n) is 4.90. The van der Waals surface area contributed by atoms with Crippen LogP contribution in [0.4, 0.5) is 0 Å². The smallest absolute Gasteiger partial charge is 0.326 e. The van der Waals surface area contributed by atoms with Gasteiger partial charge in [0.05, 0.1) is 6.04 Å². The molecule has 1 fully saturated rings. The van der Waals surface area contributed by atoms with Gasteiger partial charge in [0.15, 0.2) is 0 Å². The Balaban J connectivity index is 2.78. The number of carboxylic acids is 1. The number of hydrogen-bond acceptors (Lipinski definition) is 5. The van der Waals surface area contributed by atoms with Crippen molar-refractivity contribution in [2.45, 2.75) is 70.5 Å². The molecule has 1 heterocycles. The molecule has 0 aromatic rings. The molecule has 8 nitrogen and oxygen atoms in total.